The number of rotatable bonds is 4. The number of carbonyl (C=O) groups is 2. The number of nitrogens with two attached hydrogens (primary N) is 1. The number of hydrogen-bond acceptors (Lipinski definition) is 8. The van der Waals surface area contributed by atoms with E-state index in [0.717, 1.165) is 12.2 Å². The molecule has 2 aromatic heterocycles. The molecule has 2 amide bonds. The fraction of sp³-hybridized carbons (Fsp3) is 0.385. The topological polar surface area (TPSA) is 155 Å². The molecule has 0 bridgehead atoms. The number of aromatic nitrogens is 3. The van der Waals surface area contributed by atoms with Gasteiger partial charge in [-0.1, -0.05) is 17.0 Å². The van der Waals surface area contributed by atoms with E-state index >= 15 is 0 Å². The zero-order valence-corrected chi connectivity index (χ0v) is 20.7. The van der Waals surface area contributed by atoms with Crippen molar-refractivity contribution in [3.8, 4) is 29.0 Å². The Morgan fingerprint density at radius 1 is 1.32 bits per heavy atom. The molecular weight excluding hydrogens is 478 g/mol. The number of aliphatic hydroxyl groups is 1. The highest BCUT2D eigenvalue weighted by Crippen LogP contribution is 2.34. The third kappa shape index (κ3) is 6.35. The Morgan fingerprint density at radius 2 is 2.16 bits per heavy atom. The number of benzene rings is 1. The van der Waals surface area contributed by atoms with E-state index < -0.39 is 17.9 Å². The average Bonchev–Trinajstić information content (AvgIpc) is 3.62. The van der Waals surface area contributed by atoms with Gasteiger partial charge in [-0.15, -0.1) is 0 Å². The zero-order chi connectivity index (χ0) is 26.4. The Hall–Kier alpha value is -4.14. The molecule has 2 aliphatic rings. The Morgan fingerprint density at radius 3 is 2.78 bits per heavy atom. The number of aryl methyl sites for hydroxylation is 1. The van der Waals surface area contributed by atoms with Crippen molar-refractivity contribution in [1.82, 2.24) is 20.0 Å². The molecule has 11 heteroatoms. The number of imidazole rings is 1. The second-order valence-corrected chi connectivity index (χ2v) is 8.72. The summed E-state index contributed by atoms with van der Waals surface area (Å²) in [5, 5.41) is 15.8. The molecule has 194 valence electrons. The van der Waals surface area contributed by atoms with E-state index in [1.54, 1.807) is 42.0 Å². The molecule has 2 unspecified atom stereocenters. The molecule has 5 rings (SSSR count). The number of fused-ring (bicyclic) bond motifs is 3. The van der Waals surface area contributed by atoms with E-state index in [1.165, 1.54) is 0 Å². The first-order valence-corrected chi connectivity index (χ1v) is 11.9. The maximum Gasteiger partial charge on any atom is 0.270 e. The first-order chi connectivity index (χ1) is 17.8. The lowest BCUT2D eigenvalue weighted by atomic mass is 10.1. The van der Waals surface area contributed by atoms with Crippen LogP contribution in [0.15, 0.2) is 35.0 Å². The predicted octanol–water partition coefficient (Wildman–Crippen LogP) is 1.52. The highest BCUT2D eigenvalue weighted by atomic mass is 16.5. The van der Waals surface area contributed by atoms with Gasteiger partial charge in [-0.2, -0.15) is 0 Å². The van der Waals surface area contributed by atoms with Crippen LogP contribution in [-0.2, 0) is 11.3 Å². The van der Waals surface area contributed by atoms with Gasteiger partial charge in [0.05, 0.1) is 24.9 Å². The molecule has 1 saturated heterocycles. The average molecular weight is 508 g/mol. The molecule has 11 nitrogen and oxygen atoms in total. The summed E-state index contributed by atoms with van der Waals surface area (Å²) < 4.78 is 17.4. The number of ether oxygens (including phenoxy) is 2. The van der Waals surface area contributed by atoms with Gasteiger partial charge in [-0.3, -0.25) is 9.59 Å². The highest BCUT2D eigenvalue weighted by molar-refractivity contribution is 6.05. The van der Waals surface area contributed by atoms with Crippen LogP contribution in [0.5, 0.6) is 5.75 Å². The SMILES string of the molecule is CC(O)C#Cc1ccc2c(c1)-c1nc(C(N)=O)c(C(=O)NCC3CCOC3)n1CCO2.Cc1ccno1. The number of hydrogen-bond donors (Lipinski definition) is 3. The quantitative estimate of drug-likeness (QED) is 0.449. The number of nitrogens with zero attached hydrogens (tertiary/aromatic N) is 3. The van der Waals surface area contributed by atoms with Crippen LogP contribution >= 0.6 is 0 Å². The third-order valence-corrected chi connectivity index (χ3v) is 5.78. The second-order valence-electron chi connectivity index (χ2n) is 8.72. The maximum atomic E-state index is 13.0. The van der Waals surface area contributed by atoms with Crippen LogP contribution in [0.3, 0.4) is 0 Å². The summed E-state index contributed by atoms with van der Waals surface area (Å²) in [6.07, 6.45) is 1.74. The third-order valence-electron chi connectivity index (χ3n) is 5.78. The van der Waals surface area contributed by atoms with E-state index in [0.29, 0.717) is 55.6 Å². The smallest absolute Gasteiger partial charge is 0.270 e. The summed E-state index contributed by atoms with van der Waals surface area (Å²) >= 11 is 0. The molecule has 0 aliphatic carbocycles. The van der Waals surface area contributed by atoms with E-state index in [1.807, 2.05) is 6.92 Å². The number of carbonyl (C=O) groups excluding carboxylic acids is 2. The van der Waals surface area contributed by atoms with Gasteiger partial charge in [0.15, 0.2) is 5.69 Å². The summed E-state index contributed by atoms with van der Waals surface area (Å²) in [5.41, 5.74) is 6.84. The van der Waals surface area contributed by atoms with Crippen LogP contribution in [0.1, 0.15) is 45.6 Å². The van der Waals surface area contributed by atoms with Gasteiger partial charge < -0.3 is 34.7 Å². The van der Waals surface area contributed by atoms with Crippen molar-refractivity contribution < 1.29 is 28.7 Å². The summed E-state index contributed by atoms with van der Waals surface area (Å²) in [7, 11) is 0. The first kappa shape index (κ1) is 25.9. The summed E-state index contributed by atoms with van der Waals surface area (Å²) in [6, 6.07) is 7.10. The van der Waals surface area contributed by atoms with Crippen LogP contribution in [0.2, 0.25) is 0 Å². The van der Waals surface area contributed by atoms with Crippen LogP contribution in [-0.4, -0.2) is 64.1 Å². The molecule has 3 aromatic rings. The fourth-order valence-electron chi connectivity index (χ4n) is 3.97. The molecule has 4 heterocycles. The van der Waals surface area contributed by atoms with E-state index in [-0.39, 0.29) is 17.3 Å². The Balaban J connectivity index is 0.000000469. The lowest BCUT2D eigenvalue weighted by molar-refractivity contribution is 0.0918. The molecule has 4 N–H and O–H groups in total. The summed E-state index contributed by atoms with van der Waals surface area (Å²) in [4.78, 5) is 29.5. The van der Waals surface area contributed by atoms with Crippen molar-refractivity contribution in [2.45, 2.75) is 32.9 Å². The van der Waals surface area contributed by atoms with E-state index in [9.17, 15) is 14.7 Å². The molecule has 0 saturated carbocycles. The van der Waals surface area contributed by atoms with Crippen LogP contribution < -0.4 is 15.8 Å². The number of nitrogens with one attached hydrogen (secondary N) is 1. The number of amides is 2. The molecule has 2 aliphatic heterocycles. The van der Waals surface area contributed by atoms with Gasteiger partial charge in [0, 0.05) is 30.7 Å². The lowest BCUT2D eigenvalue weighted by Crippen LogP contribution is -2.33. The minimum atomic E-state index is -0.776. The van der Waals surface area contributed by atoms with Gasteiger partial charge in [-0.25, -0.2) is 4.98 Å². The first-order valence-electron chi connectivity index (χ1n) is 11.9. The molecular formula is C26H29N5O6. The summed E-state index contributed by atoms with van der Waals surface area (Å²) in [5.74, 6) is 6.48. The minimum Gasteiger partial charge on any atom is -0.491 e. The van der Waals surface area contributed by atoms with Crippen LogP contribution in [0.25, 0.3) is 11.4 Å². The zero-order valence-electron chi connectivity index (χ0n) is 20.7. The number of primary amides is 1. The van der Waals surface area contributed by atoms with Crippen molar-refractivity contribution >= 4 is 11.8 Å². The number of aliphatic hydroxyl groups excluding tert-OH is 1. The van der Waals surface area contributed by atoms with Crippen molar-refractivity contribution in [2.75, 3.05) is 26.4 Å². The molecule has 0 radical (unpaired) electrons. The van der Waals surface area contributed by atoms with Crippen molar-refractivity contribution in [3.63, 3.8) is 0 Å². The normalized spacial score (nSPS) is 16.5. The Bertz CT molecular complexity index is 1310. The lowest BCUT2D eigenvalue weighted by Gasteiger charge is -2.12. The molecule has 2 atom stereocenters. The largest absolute Gasteiger partial charge is 0.491 e. The highest BCUT2D eigenvalue weighted by Gasteiger charge is 2.30. The predicted molar refractivity (Wildman–Crippen MR) is 133 cm³/mol. The van der Waals surface area contributed by atoms with Gasteiger partial charge in [0.25, 0.3) is 11.8 Å². The van der Waals surface area contributed by atoms with Crippen LogP contribution in [0.4, 0.5) is 0 Å². The standard InChI is InChI=1S/C22H24N4O5.C4H5NO/c1-13(27)2-3-14-4-5-17-16(10-14)21-25-18(20(23)28)19(26(21)7-9-31-17)22(29)24-11-15-6-8-30-12-15;1-4-2-3-5-6-4/h4-5,10,13,15,27H,6-9,11-12H2,1H3,(H2,23,28)(H,24,29);2-3H,1H3. The van der Waals surface area contributed by atoms with Gasteiger partial charge >= 0.3 is 0 Å². The van der Waals surface area contributed by atoms with E-state index in [4.69, 9.17) is 15.2 Å². The Labute approximate surface area is 213 Å². The molecule has 0 spiro atoms. The van der Waals surface area contributed by atoms with E-state index in [2.05, 4.69) is 31.8 Å². The summed E-state index contributed by atoms with van der Waals surface area (Å²) in [6.45, 7) is 5.79. The van der Waals surface area contributed by atoms with Gasteiger partial charge in [0.2, 0.25) is 0 Å². The molecule has 1 fully saturated rings. The maximum absolute atomic E-state index is 13.0. The van der Waals surface area contributed by atoms with Crippen molar-refractivity contribution in [1.29, 1.82) is 0 Å². The fourth-order valence-corrected chi connectivity index (χ4v) is 3.97. The van der Waals surface area contributed by atoms with Gasteiger partial charge in [-0.05, 0) is 38.5 Å². The minimum absolute atomic E-state index is 0.0801. The second kappa shape index (κ2) is 11.7. The van der Waals surface area contributed by atoms with Gasteiger partial charge in [0.1, 0.15) is 35.7 Å². The van der Waals surface area contributed by atoms with Crippen molar-refractivity contribution in [2.24, 2.45) is 11.7 Å². The molecule has 37 heavy (non-hydrogen) atoms. The van der Waals surface area contributed by atoms with Crippen LogP contribution in [0, 0.1) is 24.7 Å². The molecule has 1 aromatic carbocycles. The Kier molecular flexibility index (Phi) is 8.22. The van der Waals surface area contributed by atoms with Crippen molar-refractivity contribution in [3.05, 3.63) is 53.2 Å². The monoisotopic (exact) mass is 507 g/mol.